The van der Waals surface area contributed by atoms with Gasteiger partial charge in [0, 0.05) is 11.9 Å². The molecule has 0 aliphatic heterocycles. The SMILES string of the molecule is CC(=NN)OC(=O)C(C)c1ccccc1Cl. The summed E-state index contributed by atoms with van der Waals surface area (Å²) in [6.45, 7) is 3.23. The monoisotopic (exact) mass is 240 g/mol. The normalized spacial score (nSPS) is 13.3. The zero-order valence-electron chi connectivity index (χ0n) is 9.11. The summed E-state index contributed by atoms with van der Waals surface area (Å²) in [7, 11) is 0. The molecule has 0 aliphatic rings. The molecule has 0 heterocycles. The van der Waals surface area contributed by atoms with Gasteiger partial charge in [-0.1, -0.05) is 29.8 Å². The second kappa shape index (κ2) is 5.51. The van der Waals surface area contributed by atoms with Crippen molar-refractivity contribution in [3.8, 4) is 0 Å². The first kappa shape index (κ1) is 12.5. The van der Waals surface area contributed by atoms with E-state index in [2.05, 4.69) is 5.10 Å². The molecule has 0 aromatic heterocycles. The van der Waals surface area contributed by atoms with Crippen molar-refractivity contribution in [2.45, 2.75) is 19.8 Å². The van der Waals surface area contributed by atoms with Crippen LogP contribution in [0.2, 0.25) is 5.02 Å². The molecule has 0 aliphatic carbocycles. The van der Waals surface area contributed by atoms with E-state index >= 15 is 0 Å². The molecule has 0 amide bonds. The zero-order chi connectivity index (χ0) is 12.1. The number of hydrogen-bond acceptors (Lipinski definition) is 4. The number of carbonyl (C=O) groups excluding carboxylic acids is 1. The molecule has 16 heavy (non-hydrogen) atoms. The molecule has 0 spiro atoms. The lowest BCUT2D eigenvalue weighted by Crippen LogP contribution is -2.17. The largest absolute Gasteiger partial charge is 0.410 e. The molecule has 0 fully saturated rings. The summed E-state index contributed by atoms with van der Waals surface area (Å²) in [5.41, 5.74) is 0.721. The zero-order valence-corrected chi connectivity index (χ0v) is 9.86. The van der Waals surface area contributed by atoms with Crippen LogP contribution < -0.4 is 5.84 Å². The summed E-state index contributed by atoms with van der Waals surface area (Å²) in [6, 6.07) is 7.12. The summed E-state index contributed by atoms with van der Waals surface area (Å²) >= 11 is 5.97. The predicted molar refractivity (Wildman–Crippen MR) is 63.3 cm³/mol. The molecule has 1 aromatic carbocycles. The lowest BCUT2D eigenvalue weighted by molar-refractivity contribution is -0.136. The number of benzene rings is 1. The fraction of sp³-hybridized carbons (Fsp3) is 0.273. The Morgan fingerprint density at radius 1 is 1.50 bits per heavy atom. The van der Waals surface area contributed by atoms with Crippen LogP contribution in [-0.4, -0.2) is 11.9 Å². The maximum atomic E-state index is 11.6. The molecule has 1 unspecified atom stereocenters. The molecule has 4 nitrogen and oxygen atoms in total. The number of esters is 1. The Morgan fingerprint density at radius 3 is 2.69 bits per heavy atom. The molecule has 0 saturated carbocycles. The quantitative estimate of drug-likeness (QED) is 0.284. The van der Waals surface area contributed by atoms with Gasteiger partial charge in [0.2, 0.25) is 5.90 Å². The molecule has 86 valence electrons. The van der Waals surface area contributed by atoms with Crippen LogP contribution in [0.5, 0.6) is 0 Å². The van der Waals surface area contributed by atoms with Gasteiger partial charge in [-0.15, -0.1) is 5.10 Å². The summed E-state index contributed by atoms with van der Waals surface area (Å²) in [5, 5.41) is 3.80. The molecular formula is C11H13ClN2O2. The van der Waals surface area contributed by atoms with E-state index < -0.39 is 11.9 Å². The molecule has 2 N–H and O–H groups in total. The standard InChI is InChI=1S/C11H13ClN2O2/c1-7(11(15)16-8(2)14-13)9-5-3-4-6-10(9)12/h3-7H,13H2,1-2H3. The summed E-state index contributed by atoms with van der Waals surface area (Å²) in [5.74, 6) is 4.22. The first-order chi connectivity index (χ1) is 7.56. The Labute approximate surface area is 99.0 Å². The second-order valence-electron chi connectivity index (χ2n) is 3.31. The molecule has 5 heteroatoms. The Morgan fingerprint density at radius 2 is 2.12 bits per heavy atom. The maximum absolute atomic E-state index is 11.6. The smallest absolute Gasteiger partial charge is 0.319 e. The molecule has 0 bridgehead atoms. The Hall–Kier alpha value is -1.55. The van der Waals surface area contributed by atoms with Crippen molar-refractivity contribution in [2.75, 3.05) is 0 Å². The average molecular weight is 241 g/mol. The molecule has 1 aromatic rings. The third kappa shape index (κ3) is 2.97. The number of ether oxygens (including phenoxy) is 1. The topological polar surface area (TPSA) is 64.7 Å². The van der Waals surface area contributed by atoms with Crippen molar-refractivity contribution < 1.29 is 9.53 Å². The number of nitrogens with two attached hydrogens (primary N) is 1. The summed E-state index contributed by atoms with van der Waals surface area (Å²) < 4.78 is 4.90. The van der Waals surface area contributed by atoms with E-state index in [1.165, 1.54) is 6.92 Å². The van der Waals surface area contributed by atoms with Crippen LogP contribution >= 0.6 is 11.6 Å². The van der Waals surface area contributed by atoms with Crippen LogP contribution in [0.3, 0.4) is 0 Å². The van der Waals surface area contributed by atoms with E-state index in [0.717, 1.165) is 5.56 Å². The van der Waals surface area contributed by atoms with Gasteiger partial charge < -0.3 is 10.6 Å². The fourth-order valence-corrected chi connectivity index (χ4v) is 1.51. The highest BCUT2D eigenvalue weighted by molar-refractivity contribution is 6.31. The summed E-state index contributed by atoms with van der Waals surface area (Å²) in [4.78, 5) is 11.6. The van der Waals surface area contributed by atoms with Gasteiger partial charge in [-0.2, -0.15) is 0 Å². The van der Waals surface area contributed by atoms with Crippen molar-refractivity contribution >= 4 is 23.5 Å². The molecule has 0 saturated heterocycles. The van der Waals surface area contributed by atoms with Gasteiger partial charge in [-0.3, -0.25) is 4.79 Å². The number of hydrazone groups is 1. The van der Waals surface area contributed by atoms with Gasteiger partial charge in [-0.05, 0) is 18.6 Å². The van der Waals surface area contributed by atoms with Crippen LogP contribution in [0.25, 0.3) is 0 Å². The minimum Gasteiger partial charge on any atom is -0.410 e. The Kier molecular flexibility index (Phi) is 4.31. The molecule has 0 radical (unpaired) electrons. The lowest BCUT2D eigenvalue weighted by atomic mass is 10.0. The summed E-state index contributed by atoms with van der Waals surface area (Å²) in [6.07, 6.45) is 0. The van der Waals surface area contributed by atoms with Crippen molar-refractivity contribution in [2.24, 2.45) is 10.9 Å². The minimum atomic E-state index is -0.453. The second-order valence-corrected chi connectivity index (χ2v) is 3.72. The van der Waals surface area contributed by atoms with Crippen LogP contribution in [0.15, 0.2) is 29.4 Å². The van der Waals surface area contributed by atoms with Gasteiger partial charge in [0.15, 0.2) is 0 Å². The maximum Gasteiger partial charge on any atom is 0.319 e. The first-order valence-corrected chi connectivity index (χ1v) is 5.14. The van der Waals surface area contributed by atoms with Gasteiger partial charge in [-0.25, -0.2) is 0 Å². The fourth-order valence-electron chi connectivity index (χ4n) is 1.21. The van der Waals surface area contributed by atoms with Crippen molar-refractivity contribution in [1.82, 2.24) is 0 Å². The lowest BCUT2D eigenvalue weighted by Gasteiger charge is -2.12. The van der Waals surface area contributed by atoms with E-state index in [0.29, 0.717) is 5.02 Å². The number of halogens is 1. The number of nitrogens with zero attached hydrogens (tertiary/aromatic N) is 1. The van der Waals surface area contributed by atoms with E-state index in [4.69, 9.17) is 22.2 Å². The Balaban J connectivity index is 2.83. The third-order valence-corrected chi connectivity index (χ3v) is 2.50. The number of carbonyl (C=O) groups is 1. The average Bonchev–Trinajstić information content (AvgIpc) is 2.28. The molecular weight excluding hydrogens is 228 g/mol. The van der Waals surface area contributed by atoms with Crippen LogP contribution in [0.4, 0.5) is 0 Å². The van der Waals surface area contributed by atoms with Crippen LogP contribution in [0.1, 0.15) is 25.3 Å². The highest BCUT2D eigenvalue weighted by Crippen LogP contribution is 2.24. The van der Waals surface area contributed by atoms with Gasteiger partial charge in [0.05, 0.1) is 5.92 Å². The van der Waals surface area contributed by atoms with Gasteiger partial charge in [0.25, 0.3) is 0 Å². The Bertz CT molecular complexity index is 418. The van der Waals surface area contributed by atoms with E-state index in [1.54, 1.807) is 25.1 Å². The first-order valence-electron chi connectivity index (χ1n) is 4.77. The minimum absolute atomic E-state index is 0.129. The van der Waals surface area contributed by atoms with Crippen molar-refractivity contribution in [3.63, 3.8) is 0 Å². The van der Waals surface area contributed by atoms with Gasteiger partial charge in [0.1, 0.15) is 0 Å². The van der Waals surface area contributed by atoms with Crippen LogP contribution in [0, 0.1) is 0 Å². The highest BCUT2D eigenvalue weighted by atomic mass is 35.5. The van der Waals surface area contributed by atoms with Crippen molar-refractivity contribution in [1.29, 1.82) is 0 Å². The third-order valence-electron chi connectivity index (χ3n) is 2.16. The van der Waals surface area contributed by atoms with Gasteiger partial charge >= 0.3 is 5.97 Å². The number of hydrogen-bond donors (Lipinski definition) is 1. The molecule has 1 atom stereocenters. The van der Waals surface area contributed by atoms with Crippen molar-refractivity contribution in [3.05, 3.63) is 34.9 Å². The van der Waals surface area contributed by atoms with E-state index in [1.807, 2.05) is 6.07 Å². The highest BCUT2D eigenvalue weighted by Gasteiger charge is 2.19. The van der Waals surface area contributed by atoms with Crippen LogP contribution in [-0.2, 0) is 9.53 Å². The number of rotatable bonds is 2. The van der Waals surface area contributed by atoms with E-state index in [-0.39, 0.29) is 5.90 Å². The van der Waals surface area contributed by atoms with E-state index in [9.17, 15) is 4.79 Å². The predicted octanol–water partition coefficient (Wildman–Crippen LogP) is 2.28. The molecule has 1 rings (SSSR count).